The summed E-state index contributed by atoms with van der Waals surface area (Å²) in [5.74, 6) is 0. The molecule has 2 unspecified atom stereocenters. The van der Waals surface area contributed by atoms with Crippen molar-refractivity contribution < 1.29 is 3.89 Å². The molecule has 0 bridgehead atoms. The first-order valence-electron chi connectivity index (χ1n) is 7.09. The molecule has 1 N–H and O–H groups in total. The average molecular weight is 277 g/mol. The molecule has 3 nitrogen and oxygen atoms in total. The topological polar surface area (TPSA) is 15.3 Å². The van der Waals surface area contributed by atoms with Gasteiger partial charge < -0.3 is 14.1 Å². The molecule has 3 aliphatic rings. The minimum atomic E-state index is 0.666. The minimum absolute atomic E-state index is 0.666. The van der Waals surface area contributed by atoms with Gasteiger partial charge in [0, 0.05) is 30.8 Å². The zero-order valence-electron chi connectivity index (χ0n) is 11.7. The van der Waals surface area contributed by atoms with Crippen LogP contribution in [0.1, 0.15) is 25.7 Å². The van der Waals surface area contributed by atoms with Crippen molar-refractivity contribution in [3.8, 4) is 0 Å². The maximum Gasteiger partial charge on any atom is 0.0947 e. The SMILES string of the molecule is CS[N+]1(C)[CH-]N(/C=C2/C=CC=CN2)C2CCCC[C@H]21. The fourth-order valence-electron chi connectivity index (χ4n) is 3.43. The van der Waals surface area contributed by atoms with Crippen LogP contribution >= 0.6 is 11.9 Å². The van der Waals surface area contributed by atoms with E-state index in [1.165, 1.54) is 31.4 Å². The van der Waals surface area contributed by atoms with E-state index in [2.05, 4.69) is 48.5 Å². The van der Waals surface area contributed by atoms with Crippen molar-refractivity contribution in [1.82, 2.24) is 10.2 Å². The second kappa shape index (κ2) is 5.25. The maximum absolute atomic E-state index is 3.31. The highest BCUT2D eigenvalue weighted by Crippen LogP contribution is 2.43. The lowest BCUT2D eigenvalue weighted by Crippen LogP contribution is -2.45. The van der Waals surface area contributed by atoms with Gasteiger partial charge in [0.1, 0.15) is 0 Å². The van der Waals surface area contributed by atoms with E-state index < -0.39 is 0 Å². The number of fused-ring (bicyclic) bond motifs is 1. The molecule has 2 heterocycles. The number of likely N-dealkylation sites (N-methyl/N-ethyl adjacent to an activating group) is 1. The molecule has 2 fully saturated rings. The highest BCUT2D eigenvalue weighted by atomic mass is 32.2. The highest BCUT2D eigenvalue weighted by Gasteiger charge is 2.43. The zero-order chi connectivity index (χ0) is 13.3. The van der Waals surface area contributed by atoms with E-state index >= 15 is 0 Å². The summed E-state index contributed by atoms with van der Waals surface area (Å²) in [6, 6.07) is 1.41. The van der Waals surface area contributed by atoms with E-state index in [-0.39, 0.29) is 0 Å². The smallest absolute Gasteiger partial charge is 0.0947 e. The summed E-state index contributed by atoms with van der Waals surface area (Å²) < 4.78 is 1.01. The molecule has 19 heavy (non-hydrogen) atoms. The predicted molar refractivity (Wildman–Crippen MR) is 81.4 cm³/mol. The Morgan fingerprint density at radius 3 is 3.00 bits per heavy atom. The molecule has 1 aliphatic carbocycles. The Kier molecular flexibility index (Phi) is 3.63. The van der Waals surface area contributed by atoms with Crippen molar-refractivity contribution in [3.63, 3.8) is 0 Å². The van der Waals surface area contributed by atoms with Crippen LogP contribution in [0.25, 0.3) is 0 Å². The highest BCUT2D eigenvalue weighted by molar-refractivity contribution is 7.93. The molecule has 0 aromatic carbocycles. The van der Waals surface area contributed by atoms with Gasteiger partial charge in [0.15, 0.2) is 0 Å². The molecular weight excluding hydrogens is 254 g/mol. The molecule has 104 valence electrons. The van der Waals surface area contributed by atoms with Crippen LogP contribution in [0.2, 0.25) is 0 Å². The zero-order valence-corrected chi connectivity index (χ0v) is 12.6. The predicted octanol–water partition coefficient (Wildman–Crippen LogP) is 2.97. The Morgan fingerprint density at radius 2 is 2.26 bits per heavy atom. The first-order valence-corrected chi connectivity index (χ1v) is 8.28. The molecule has 0 amide bonds. The lowest BCUT2D eigenvalue weighted by atomic mass is 9.90. The molecule has 3 rings (SSSR count). The summed E-state index contributed by atoms with van der Waals surface area (Å²) in [5, 5.41) is 3.31. The molecule has 3 atom stereocenters. The van der Waals surface area contributed by atoms with Gasteiger partial charge >= 0.3 is 0 Å². The minimum Gasteiger partial charge on any atom is -0.466 e. The van der Waals surface area contributed by atoms with Gasteiger partial charge in [-0.3, -0.25) is 0 Å². The van der Waals surface area contributed by atoms with Crippen LogP contribution in [0.4, 0.5) is 0 Å². The Balaban J connectivity index is 1.82. The summed E-state index contributed by atoms with van der Waals surface area (Å²) in [5.41, 5.74) is 1.18. The van der Waals surface area contributed by atoms with Gasteiger partial charge in [-0.25, -0.2) is 0 Å². The third kappa shape index (κ3) is 2.43. The number of allylic oxidation sites excluding steroid dienone is 3. The van der Waals surface area contributed by atoms with Crippen LogP contribution in [-0.4, -0.2) is 34.2 Å². The summed E-state index contributed by atoms with van der Waals surface area (Å²) in [7, 11) is 2.34. The van der Waals surface area contributed by atoms with Gasteiger partial charge in [0.05, 0.1) is 24.8 Å². The standard InChI is InChI=1S/C15H23N3S/c1-18(19-2)12-17(11-13-7-5-6-10-16-13)14-8-3-4-9-15(14)18/h5-7,10-12,14-16H,3-4,8-9H2,1-2H3/b13-11-/t14?,15-,18?/m1/s1. The molecule has 1 saturated heterocycles. The molecule has 0 radical (unpaired) electrons. The summed E-state index contributed by atoms with van der Waals surface area (Å²) in [6.07, 6.45) is 18.1. The van der Waals surface area contributed by atoms with Crippen LogP contribution in [0.5, 0.6) is 0 Å². The molecule has 2 aliphatic heterocycles. The van der Waals surface area contributed by atoms with Gasteiger partial charge in [-0.2, -0.15) is 0 Å². The van der Waals surface area contributed by atoms with Crippen molar-refractivity contribution in [2.24, 2.45) is 0 Å². The van der Waals surface area contributed by atoms with E-state index in [4.69, 9.17) is 0 Å². The fourth-order valence-corrected chi connectivity index (χ4v) is 4.15. The Bertz CT molecular complexity index is 429. The van der Waals surface area contributed by atoms with Gasteiger partial charge in [0.25, 0.3) is 0 Å². The number of quaternary nitrogens is 1. The lowest BCUT2D eigenvalue weighted by molar-refractivity contribution is -0.761. The third-order valence-electron chi connectivity index (χ3n) is 4.51. The first kappa shape index (κ1) is 13.1. The number of dihydropyridines is 1. The normalized spacial score (nSPS) is 39.5. The Morgan fingerprint density at radius 1 is 1.42 bits per heavy atom. The van der Waals surface area contributed by atoms with Gasteiger partial charge in [0.2, 0.25) is 0 Å². The van der Waals surface area contributed by atoms with Crippen molar-refractivity contribution in [2.75, 3.05) is 13.3 Å². The van der Waals surface area contributed by atoms with Gasteiger partial charge in [-0.1, -0.05) is 12.5 Å². The quantitative estimate of drug-likeness (QED) is 0.474. The number of nitrogens with one attached hydrogen (secondary N) is 1. The van der Waals surface area contributed by atoms with Crippen LogP contribution in [0, 0.1) is 6.67 Å². The van der Waals surface area contributed by atoms with Gasteiger partial charge in [-0.05, 0) is 37.9 Å². The van der Waals surface area contributed by atoms with Crippen LogP contribution in [0.3, 0.4) is 0 Å². The van der Waals surface area contributed by atoms with E-state index in [9.17, 15) is 0 Å². The number of hydrogen-bond donors (Lipinski definition) is 1. The third-order valence-corrected chi connectivity index (χ3v) is 5.66. The number of rotatable bonds is 2. The average Bonchev–Trinajstić information content (AvgIpc) is 2.74. The van der Waals surface area contributed by atoms with Gasteiger partial charge in [-0.15, -0.1) is 0 Å². The maximum atomic E-state index is 3.31. The fraction of sp³-hybridized carbons (Fsp3) is 0.533. The molecule has 1 saturated carbocycles. The van der Waals surface area contributed by atoms with Crippen LogP contribution in [0.15, 0.2) is 36.3 Å². The summed E-state index contributed by atoms with van der Waals surface area (Å²) in [4.78, 5) is 2.45. The largest absolute Gasteiger partial charge is 0.466 e. The van der Waals surface area contributed by atoms with Crippen molar-refractivity contribution in [2.45, 2.75) is 37.8 Å². The van der Waals surface area contributed by atoms with E-state index in [0.29, 0.717) is 6.04 Å². The Hall–Kier alpha value is -0.870. The molecule has 0 spiro atoms. The number of nitrogens with zero attached hydrogens (tertiary/aromatic N) is 2. The Labute approximate surface area is 120 Å². The van der Waals surface area contributed by atoms with Crippen LogP contribution in [-0.2, 0) is 0 Å². The van der Waals surface area contributed by atoms with Crippen molar-refractivity contribution in [1.29, 1.82) is 0 Å². The van der Waals surface area contributed by atoms with Crippen molar-refractivity contribution >= 4 is 11.9 Å². The van der Waals surface area contributed by atoms with Crippen LogP contribution < -0.4 is 5.32 Å². The van der Waals surface area contributed by atoms with E-state index in [0.717, 1.165) is 9.93 Å². The number of hydrogen-bond acceptors (Lipinski definition) is 3. The molecule has 4 heteroatoms. The first-order chi connectivity index (χ1) is 9.23. The molecular formula is C15H23N3S. The molecule has 0 aromatic heterocycles. The summed E-state index contributed by atoms with van der Waals surface area (Å²) >= 11 is 1.94. The van der Waals surface area contributed by atoms with E-state index in [1.807, 2.05) is 24.2 Å². The second-order valence-electron chi connectivity index (χ2n) is 5.67. The van der Waals surface area contributed by atoms with E-state index in [1.54, 1.807) is 0 Å². The second-order valence-corrected chi connectivity index (χ2v) is 6.82. The lowest BCUT2D eigenvalue weighted by Gasteiger charge is -2.41. The summed E-state index contributed by atoms with van der Waals surface area (Å²) in [6.45, 7) is 2.40. The van der Waals surface area contributed by atoms with Crippen molar-refractivity contribution in [3.05, 3.63) is 43.0 Å². The molecule has 0 aromatic rings. The monoisotopic (exact) mass is 277 g/mol.